The molecule has 2 heterocycles. The summed E-state index contributed by atoms with van der Waals surface area (Å²) in [6.45, 7) is 8.88. The van der Waals surface area contributed by atoms with Crippen molar-refractivity contribution in [2.24, 2.45) is 11.8 Å². The fourth-order valence-corrected chi connectivity index (χ4v) is 5.65. The molecule has 2 amide bonds. The first kappa shape index (κ1) is 26.6. The van der Waals surface area contributed by atoms with E-state index in [2.05, 4.69) is 24.1 Å². The summed E-state index contributed by atoms with van der Waals surface area (Å²) in [5.74, 6) is 2.14. The summed E-state index contributed by atoms with van der Waals surface area (Å²) in [6, 6.07) is 6.41. The van der Waals surface area contributed by atoms with Gasteiger partial charge in [0, 0.05) is 32.8 Å². The molecular formula is C27H45N3O4. The van der Waals surface area contributed by atoms with Crippen molar-refractivity contribution in [1.29, 1.82) is 0 Å². The number of benzene rings is 1. The van der Waals surface area contributed by atoms with Crippen LogP contribution in [0.25, 0.3) is 0 Å². The van der Waals surface area contributed by atoms with Crippen molar-refractivity contribution in [3.05, 3.63) is 23.8 Å². The van der Waals surface area contributed by atoms with Gasteiger partial charge in [-0.05, 0) is 74.7 Å². The van der Waals surface area contributed by atoms with E-state index in [0.717, 1.165) is 18.5 Å². The van der Waals surface area contributed by atoms with Gasteiger partial charge in [-0.25, -0.2) is 4.79 Å². The maximum absolute atomic E-state index is 13.6. The van der Waals surface area contributed by atoms with Crippen LogP contribution in [-0.2, 0) is 4.74 Å². The molecule has 0 radical (unpaired) electrons. The Balaban J connectivity index is 1.75. The minimum Gasteiger partial charge on any atom is -0.493 e. The SMILES string of the molecule is COCCCN(C[C@@H]1CCCN2CCCC[C@H]12)C(=O)N[C@H](c1ccc(OC)c(OC)c1)C(C)C. The molecule has 0 spiro atoms. The molecule has 7 nitrogen and oxygen atoms in total. The zero-order chi connectivity index (χ0) is 24.5. The Morgan fingerprint density at radius 2 is 1.85 bits per heavy atom. The van der Waals surface area contributed by atoms with Crippen LogP contribution in [-0.4, -0.2) is 76.0 Å². The van der Waals surface area contributed by atoms with Crippen LogP contribution in [0.2, 0.25) is 0 Å². The third-order valence-corrected chi connectivity index (χ3v) is 7.46. The lowest BCUT2D eigenvalue weighted by Gasteiger charge is -2.45. The fraction of sp³-hybridized carbons (Fsp3) is 0.741. The van der Waals surface area contributed by atoms with Crippen molar-refractivity contribution in [3.63, 3.8) is 0 Å². The van der Waals surface area contributed by atoms with E-state index in [1.807, 2.05) is 23.1 Å². The summed E-state index contributed by atoms with van der Waals surface area (Å²) in [5, 5.41) is 3.35. The van der Waals surface area contributed by atoms with Gasteiger partial charge < -0.3 is 29.3 Å². The second-order valence-electron chi connectivity index (χ2n) is 10.1. The van der Waals surface area contributed by atoms with Crippen molar-refractivity contribution < 1.29 is 19.0 Å². The topological polar surface area (TPSA) is 63.3 Å². The molecule has 2 saturated heterocycles. The van der Waals surface area contributed by atoms with Gasteiger partial charge in [-0.15, -0.1) is 0 Å². The molecule has 0 unspecified atom stereocenters. The lowest BCUT2D eigenvalue weighted by Crippen LogP contribution is -2.53. The number of rotatable bonds is 11. The van der Waals surface area contributed by atoms with Crippen LogP contribution in [0, 0.1) is 11.8 Å². The van der Waals surface area contributed by atoms with E-state index < -0.39 is 0 Å². The Bertz CT molecular complexity index is 770. The van der Waals surface area contributed by atoms with Crippen LogP contribution in [0.5, 0.6) is 11.5 Å². The molecule has 192 valence electrons. The molecule has 0 bridgehead atoms. The lowest BCUT2D eigenvalue weighted by molar-refractivity contribution is 0.0442. The van der Waals surface area contributed by atoms with E-state index in [1.165, 1.54) is 45.2 Å². The number of hydrogen-bond acceptors (Lipinski definition) is 5. The number of carbonyl (C=O) groups is 1. The molecule has 0 aromatic heterocycles. The second kappa shape index (κ2) is 13.2. The summed E-state index contributed by atoms with van der Waals surface area (Å²) >= 11 is 0. The summed E-state index contributed by atoms with van der Waals surface area (Å²) in [4.78, 5) is 18.4. The molecule has 2 aliphatic heterocycles. The predicted molar refractivity (Wildman–Crippen MR) is 136 cm³/mol. The molecule has 2 fully saturated rings. The average Bonchev–Trinajstić information content (AvgIpc) is 2.86. The Morgan fingerprint density at radius 1 is 1.09 bits per heavy atom. The number of nitrogens with one attached hydrogen (secondary N) is 1. The first-order chi connectivity index (χ1) is 16.5. The lowest BCUT2D eigenvalue weighted by atomic mass is 9.83. The van der Waals surface area contributed by atoms with Crippen molar-refractivity contribution in [3.8, 4) is 11.5 Å². The third-order valence-electron chi connectivity index (χ3n) is 7.46. The minimum absolute atomic E-state index is 0.0116. The van der Waals surface area contributed by atoms with Gasteiger partial charge in [-0.1, -0.05) is 26.3 Å². The number of piperidine rings is 2. The fourth-order valence-electron chi connectivity index (χ4n) is 5.65. The molecule has 0 saturated carbocycles. The Labute approximate surface area is 206 Å². The second-order valence-corrected chi connectivity index (χ2v) is 10.1. The highest BCUT2D eigenvalue weighted by Crippen LogP contribution is 2.33. The monoisotopic (exact) mass is 475 g/mol. The summed E-state index contributed by atoms with van der Waals surface area (Å²) in [6.07, 6.45) is 7.16. The van der Waals surface area contributed by atoms with Gasteiger partial charge in [0.25, 0.3) is 0 Å². The molecule has 0 aliphatic carbocycles. The summed E-state index contributed by atoms with van der Waals surface area (Å²) < 4.78 is 16.2. The van der Waals surface area contributed by atoms with Crippen molar-refractivity contribution in [1.82, 2.24) is 15.1 Å². The zero-order valence-electron chi connectivity index (χ0n) is 21.8. The maximum Gasteiger partial charge on any atom is 0.317 e. The molecule has 34 heavy (non-hydrogen) atoms. The standard InChI is InChI=1S/C27H45N3O4/c1-20(2)26(21-12-13-24(33-4)25(18-21)34-5)28-27(31)30(16-9-17-32-3)19-22-10-8-15-29-14-7-6-11-23(22)29/h12-13,18,20,22-23,26H,6-11,14-17,19H2,1-5H3,(H,28,31)/t22-,23+,26-/m0/s1. The largest absolute Gasteiger partial charge is 0.493 e. The first-order valence-corrected chi connectivity index (χ1v) is 13.0. The van der Waals surface area contributed by atoms with E-state index in [1.54, 1.807) is 21.3 Å². The number of carbonyl (C=O) groups excluding carboxylic acids is 1. The Morgan fingerprint density at radius 3 is 2.56 bits per heavy atom. The molecule has 1 aromatic rings. The Kier molecular flexibility index (Phi) is 10.3. The van der Waals surface area contributed by atoms with Gasteiger partial charge in [0.15, 0.2) is 11.5 Å². The highest BCUT2D eigenvalue weighted by molar-refractivity contribution is 5.75. The van der Waals surface area contributed by atoms with Gasteiger partial charge in [0.2, 0.25) is 0 Å². The molecular weight excluding hydrogens is 430 g/mol. The maximum atomic E-state index is 13.6. The van der Waals surface area contributed by atoms with Crippen molar-refractivity contribution in [2.75, 3.05) is 54.1 Å². The molecule has 3 atom stereocenters. The number of amides is 2. The molecule has 2 aliphatic rings. The van der Waals surface area contributed by atoms with Gasteiger partial charge in [0.05, 0.1) is 20.3 Å². The highest BCUT2D eigenvalue weighted by Gasteiger charge is 2.35. The molecule has 3 rings (SSSR count). The van der Waals surface area contributed by atoms with Crippen LogP contribution >= 0.6 is 0 Å². The van der Waals surface area contributed by atoms with Gasteiger partial charge >= 0.3 is 6.03 Å². The van der Waals surface area contributed by atoms with E-state index in [9.17, 15) is 4.79 Å². The highest BCUT2D eigenvalue weighted by atomic mass is 16.5. The first-order valence-electron chi connectivity index (χ1n) is 13.0. The number of fused-ring (bicyclic) bond motifs is 1. The zero-order valence-corrected chi connectivity index (χ0v) is 21.8. The summed E-state index contributed by atoms with van der Waals surface area (Å²) in [5.41, 5.74) is 1.02. The molecule has 1 N–H and O–H groups in total. The van der Waals surface area contributed by atoms with Crippen LogP contribution < -0.4 is 14.8 Å². The number of ether oxygens (including phenoxy) is 3. The van der Waals surface area contributed by atoms with Gasteiger partial charge in [0.1, 0.15) is 0 Å². The summed E-state index contributed by atoms with van der Waals surface area (Å²) in [7, 11) is 4.99. The molecule has 1 aromatic carbocycles. The minimum atomic E-state index is -0.116. The normalized spacial score (nSPS) is 21.6. The number of urea groups is 1. The smallest absolute Gasteiger partial charge is 0.317 e. The quantitative estimate of drug-likeness (QED) is 0.470. The third kappa shape index (κ3) is 6.79. The average molecular weight is 476 g/mol. The van der Waals surface area contributed by atoms with Crippen LogP contribution in [0.15, 0.2) is 18.2 Å². The van der Waals surface area contributed by atoms with Crippen LogP contribution in [0.3, 0.4) is 0 Å². The van der Waals surface area contributed by atoms with Crippen molar-refractivity contribution in [2.45, 2.75) is 64.5 Å². The number of nitrogens with zero attached hydrogens (tertiary/aromatic N) is 2. The van der Waals surface area contributed by atoms with E-state index in [4.69, 9.17) is 14.2 Å². The number of hydrogen-bond donors (Lipinski definition) is 1. The van der Waals surface area contributed by atoms with E-state index in [0.29, 0.717) is 36.6 Å². The van der Waals surface area contributed by atoms with E-state index in [-0.39, 0.29) is 18.0 Å². The van der Waals surface area contributed by atoms with Crippen molar-refractivity contribution >= 4 is 6.03 Å². The van der Waals surface area contributed by atoms with Crippen LogP contribution in [0.1, 0.15) is 64.0 Å². The predicted octanol–water partition coefficient (Wildman–Crippen LogP) is 4.71. The van der Waals surface area contributed by atoms with Gasteiger partial charge in [-0.2, -0.15) is 0 Å². The van der Waals surface area contributed by atoms with Crippen LogP contribution in [0.4, 0.5) is 4.79 Å². The Hall–Kier alpha value is -1.99. The van der Waals surface area contributed by atoms with E-state index >= 15 is 0 Å². The van der Waals surface area contributed by atoms with Gasteiger partial charge in [-0.3, -0.25) is 0 Å². The molecule has 7 heteroatoms. The number of methoxy groups -OCH3 is 3.